The van der Waals surface area contributed by atoms with Crippen LogP contribution in [0, 0.1) is 10.1 Å². The average molecular weight is 601 g/mol. The number of nitrogens with zero attached hydrogens (tertiary/aromatic N) is 6. The van der Waals surface area contributed by atoms with Crippen molar-refractivity contribution in [2.45, 2.75) is 85.5 Å². The molecular formula is C29H40N6O8. The Morgan fingerprint density at radius 3 is 2.00 bits per heavy atom. The summed E-state index contributed by atoms with van der Waals surface area (Å²) in [6.07, 6.45) is -2.00. The van der Waals surface area contributed by atoms with Gasteiger partial charge < -0.3 is 19.1 Å². The van der Waals surface area contributed by atoms with Crippen LogP contribution in [0.25, 0.3) is 0 Å². The maximum Gasteiger partial charge on any atom is 0.419 e. The van der Waals surface area contributed by atoms with Crippen LogP contribution in [0.4, 0.5) is 37.4 Å². The first-order valence-electron chi connectivity index (χ1n) is 13.9. The van der Waals surface area contributed by atoms with E-state index in [1.807, 2.05) is 4.90 Å². The van der Waals surface area contributed by atoms with E-state index in [0.717, 1.165) is 16.2 Å². The number of benzene rings is 1. The minimum absolute atomic E-state index is 0.0293. The first-order valence-corrected chi connectivity index (χ1v) is 13.9. The number of fused-ring (bicyclic) bond motifs is 1. The van der Waals surface area contributed by atoms with Crippen LogP contribution in [0.15, 0.2) is 30.3 Å². The number of nitro groups is 1. The molecule has 1 aromatic carbocycles. The maximum atomic E-state index is 13.3. The molecular weight excluding hydrogens is 560 g/mol. The smallest absolute Gasteiger partial charge is 0.419 e. The van der Waals surface area contributed by atoms with E-state index < -0.39 is 39.9 Å². The molecule has 1 aliphatic rings. The predicted molar refractivity (Wildman–Crippen MR) is 159 cm³/mol. The first kappa shape index (κ1) is 33.0. The van der Waals surface area contributed by atoms with E-state index in [-0.39, 0.29) is 24.7 Å². The summed E-state index contributed by atoms with van der Waals surface area (Å²) in [5.41, 5.74) is -0.830. The van der Waals surface area contributed by atoms with Crippen LogP contribution >= 0.6 is 0 Å². The van der Waals surface area contributed by atoms with Crippen LogP contribution in [0.3, 0.4) is 0 Å². The van der Waals surface area contributed by atoms with Gasteiger partial charge in [-0.1, -0.05) is 0 Å². The highest BCUT2D eigenvalue weighted by atomic mass is 16.6. The minimum Gasteiger partial charge on any atom is -0.447 e. The molecule has 43 heavy (non-hydrogen) atoms. The normalized spacial score (nSPS) is 13.2. The van der Waals surface area contributed by atoms with Crippen LogP contribution in [-0.2, 0) is 20.6 Å². The maximum absolute atomic E-state index is 13.3. The lowest BCUT2D eigenvalue weighted by Crippen LogP contribution is -2.48. The zero-order chi connectivity index (χ0) is 32.3. The predicted octanol–water partition coefficient (Wildman–Crippen LogP) is 5.99. The topological polar surface area (TPSA) is 158 Å². The van der Waals surface area contributed by atoms with Gasteiger partial charge >= 0.3 is 18.3 Å². The Balaban J connectivity index is 1.74. The molecule has 0 aliphatic carbocycles. The fraction of sp³-hybridized carbons (Fsp3) is 0.552. The van der Waals surface area contributed by atoms with E-state index >= 15 is 0 Å². The molecule has 0 saturated carbocycles. The monoisotopic (exact) mass is 600 g/mol. The number of imide groups is 1. The lowest BCUT2D eigenvalue weighted by molar-refractivity contribution is -0.384. The number of amides is 3. The molecule has 1 aliphatic heterocycles. The third-order valence-electron chi connectivity index (χ3n) is 5.93. The molecule has 0 fully saturated rings. The number of carbonyl (C=O) groups excluding carboxylic acids is 3. The van der Waals surface area contributed by atoms with Crippen molar-refractivity contribution in [1.82, 2.24) is 15.1 Å². The van der Waals surface area contributed by atoms with E-state index in [0.29, 0.717) is 18.8 Å². The number of anilines is 3. The summed E-state index contributed by atoms with van der Waals surface area (Å²) < 4.78 is 16.2. The molecule has 3 rings (SSSR count). The van der Waals surface area contributed by atoms with Gasteiger partial charge in [0.25, 0.3) is 5.69 Å². The second-order valence-electron chi connectivity index (χ2n) is 13.0. The zero-order valence-electron chi connectivity index (χ0n) is 26.2. The number of hydrogen-bond acceptors (Lipinski definition) is 11. The number of rotatable bonds is 6. The van der Waals surface area contributed by atoms with Crippen molar-refractivity contribution in [3.8, 4) is 0 Å². The third-order valence-corrected chi connectivity index (χ3v) is 5.93. The van der Waals surface area contributed by atoms with Gasteiger partial charge in [-0.3, -0.25) is 15.0 Å². The molecule has 0 atom stereocenters. The van der Waals surface area contributed by atoms with Crippen LogP contribution in [0.5, 0.6) is 0 Å². The van der Waals surface area contributed by atoms with Gasteiger partial charge in [0.05, 0.1) is 11.5 Å². The second kappa shape index (κ2) is 12.4. The van der Waals surface area contributed by atoms with Crippen molar-refractivity contribution < 1.29 is 33.5 Å². The number of aromatic nitrogens is 2. The number of non-ortho nitro benzene ring substituents is 1. The Hall–Kier alpha value is -4.49. The van der Waals surface area contributed by atoms with Crippen LogP contribution in [0.2, 0.25) is 0 Å². The average Bonchev–Trinajstić information content (AvgIpc) is 3.27. The molecule has 0 bridgehead atoms. The van der Waals surface area contributed by atoms with E-state index in [2.05, 4.69) is 10.2 Å². The van der Waals surface area contributed by atoms with Gasteiger partial charge in [0.1, 0.15) is 17.8 Å². The summed E-state index contributed by atoms with van der Waals surface area (Å²) in [5, 5.41) is 19.7. The first-order chi connectivity index (χ1) is 19.8. The molecule has 2 heterocycles. The fourth-order valence-electron chi connectivity index (χ4n) is 4.21. The third kappa shape index (κ3) is 8.75. The summed E-state index contributed by atoms with van der Waals surface area (Å²) in [6.45, 7) is 15.3. The molecule has 1 aromatic heterocycles. The van der Waals surface area contributed by atoms with Gasteiger partial charge in [-0.15, -0.1) is 10.2 Å². The molecule has 234 valence electrons. The Bertz CT molecular complexity index is 1330. The van der Waals surface area contributed by atoms with Crippen LogP contribution in [-0.4, -0.2) is 74.7 Å². The fourth-order valence-corrected chi connectivity index (χ4v) is 4.21. The highest BCUT2D eigenvalue weighted by molar-refractivity contribution is 5.89. The molecule has 0 unspecified atom stereocenters. The largest absolute Gasteiger partial charge is 0.447 e. The SMILES string of the molecule is CC(C)(C)OC(=O)N(CCOC(=O)N(c1ccc(N2CCc3cc([N+](=O)[O-])ccc32)nn1)C(C)(C)C)C(=O)OC(C)(C)C. The van der Waals surface area contributed by atoms with Gasteiger partial charge in [-0.2, -0.15) is 0 Å². The number of hydrogen-bond donors (Lipinski definition) is 0. The lowest BCUT2D eigenvalue weighted by Gasteiger charge is -2.34. The summed E-state index contributed by atoms with van der Waals surface area (Å²) in [6, 6.07) is 8.03. The number of carbonyl (C=O) groups is 3. The Morgan fingerprint density at radius 1 is 0.907 bits per heavy atom. The highest BCUT2D eigenvalue weighted by Gasteiger charge is 2.34. The van der Waals surface area contributed by atoms with Gasteiger partial charge in [0.15, 0.2) is 11.6 Å². The molecule has 2 aromatic rings. The molecule has 14 heteroatoms. The van der Waals surface area contributed by atoms with Crippen molar-refractivity contribution in [2.24, 2.45) is 0 Å². The van der Waals surface area contributed by atoms with Crippen LogP contribution < -0.4 is 9.80 Å². The van der Waals surface area contributed by atoms with E-state index in [1.54, 1.807) is 86.6 Å². The Kier molecular flexibility index (Phi) is 9.52. The van der Waals surface area contributed by atoms with E-state index in [9.17, 15) is 24.5 Å². The Labute approximate surface area is 251 Å². The van der Waals surface area contributed by atoms with Gasteiger partial charge in [0.2, 0.25) is 0 Å². The summed E-state index contributed by atoms with van der Waals surface area (Å²) in [7, 11) is 0. The van der Waals surface area contributed by atoms with Crippen molar-refractivity contribution in [3.63, 3.8) is 0 Å². The Morgan fingerprint density at radius 2 is 1.51 bits per heavy atom. The van der Waals surface area contributed by atoms with Gasteiger partial charge in [0, 0.05) is 29.9 Å². The van der Waals surface area contributed by atoms with Gasteiger partial charge in [-0.05, 0) is 92.5 Å². The standard InChI is InChI=1S/C29H40N6O8/c1-27(2,3)34(26(38)41-17-16-33(24(36)42-28(4,5)6)25(37)43-29(7,8)9)23-13-12-22(30-31-23)32-15-14-19-18-20(35(39)40)10-11-21(19)32/h10-13,18H,14-17H2,1-9H3. The zero-order valence-corrected chi connectivity index (χ0v) is 26.2. The molecule has 0 spiro atoms. The summed E-state index contributed by atoms with van der Waals surface area (Å²) >= 11 is 0. The summed E-state index contributed by atoms with van der Waals surface area (Å²) in [4.78, 5) is 53.4. The number of ether oxygens (including phenoxy) is 3. The minimum atomic E-state index is -0.926. The molecule has 0 N–H and O–H groups in total. The molecule has 14 nitrogen and oxygen atoms in total. The van der Waals surface area contributed by atoms with E-state index in [1.165, 1.54) is 11.0 Å². The van der Waals surface area contributed by atoms with Gasteiger partial charge in [-0.25, -0.2) is 19.3 Å². The van der Waals surface area contributed by atoms with Crippen molar-refractivity contribution in [3.05, 3.63) is 46.0 Å². The summed E-state index contributed by atoms with van der Waals surface area (Å²) in [5.74, 6) is 0.740. The number of nitro benzene ring substituents is 1. The highest BCUT2D eigenvalue weighted by Crippen LogP contribution is 2.36. The van der Waals surface area contributed by atoms with Crippen molar-refractivity contribution in [2.75, 3.05) is 29.5 Å². The van der Waals surface area contributed by atoms with Crippen molar-refractivity contribution >= 4 is 41.3 Å². The van der Waals surface area contributed by atoms with Crippen molar-refractivity contribution in [1.29, 1.82) is 0 Å². The second-order valence-corrected chi connectivity index (χ2v) is 13.0. The molecule has 3 amide bonds. The molecule has 0 saturated heterocycles. The molecule has 0 radical (unpaired) electrons. The lowest BCUT2D eigenvalue weighted by atomic mass is 10.1. The quantitative estimate of drug-likeness (QED) is 0.218. The van der Waals surface area contributed by atoms with Crippen LogP contribution in [0.1, 0.15) is 67.9 Å². The van der Waals surface area contributed by atoms with E-state index in [4.69, 9.17) is 14.2 Å².